The zero-order valence-corrected chi connectivity index (χ0v) is 44.7. The highest BCUT2D eigenvalue weighted by atomic mass is 35.5. The predicted molar refractivity (Wildman–Crippen MR) is 284 cm³/mol. The molecule has 13 nitrogen and oxygen atoms in total. The Labute approximate surface area is 437 Å². The molecule has 4 aromatic carbocycles. The normalized spacial score (nSPS) is 15.9. The van der Waals surface area contributed by atoms with E-state index in [0.29, 0.717) is 76.0 Å². The van der Waals surface area contributed by atoms with E-state index in [1.54, 1.807) is 35.8 Å². The van der Waals surface area contributed by atoms with Crippen LogP contribution in [0.4, 0.5) is 0 Å². The predicted octanol–water partition coefficient (Wildman–Crippen LogP) is 7.87. The fraction of sp³-hybridized carbons (Fsp3) is 0.480. The van der Waals surface area contributed by atoms with Crippen LogP contribution in [0.15, 0.2) is 82.6 Å². The number of nitrogens with zero attached hydrogens (tertiary/aromatic N) is 3. The highest BCUT2D eigenvalue weighted by Gasteiger charge is 2.28. The van der Waals surface area contributed by atoms with Gasteiger partial charge < -0.3 is 44.2 Å². The molecular weight excluding hydrogens is 1000 g/mol. The van der Waals surface area contributed by atoms with E-state index in [1.807, 2.05) is 25.2 Å². The Morgan fingerprint density at radius 1 is 0.652 bits per heavy atom. The summed E-state index contributed by atoms with van der Waals surface area (Å²) in [6, 6.07) is 25.1. The summed E-state index contributed by atoms with van der Waals surface area (Å²) >= 11 is 28.8. The van der Waals surface area contributed by atoms with Gasteiger partial charge in [0, 0.05) is 94.1 Å². The molecule has 0 spiro atoms. The molecule has 2 heterocycles. The van der Waals surface area contributed by atoms with Crippen LogP contribution in [0.3, 0.4) is 0 Å². The zero-order valence-electron chi connectivity index (χ0n) is 40.0. The Balaban J connectivity index is 0.000000263. The van der Waals surface area contributed by atoms with Gasteiger partial charge in [-0.05, 0) is 134 Å². The van der Waals surface area contributed by atoms with Crippen molar-refractivity contribution in [2.45, 2.75) is 34.7 Å². The third kappa shape index (κ3) is 20.1. The first kappa shape index (κ1) is 57.4. The lowest BCUT2D eigenvalue weighted by atomic mass is 9.85. The van der Waals surface area contributed by atoms with E-state index >= 15 is 0 Å². The lowest BCUT2D eigenvalue weighted by molar-refractivity contribution is -0.122. The molecule has 4 aromatic rings. The number of aldehydes is 1. The number of nitrogens with one attached hydrogen (secondary N) is 4. The second-order valence-corrected chi connectivity index (χ2v) is 20.4. The Kier molecular flexibility index (Phi) is 26.5. The van der Waals surface area contributed by atoms with Crippen molar-refractivity contribution in [3.8, 4) is 0 Å². The summed E-state index contributed by atoms with van der Waals surface area (Å²) in [5, 5.41) is 8.65. The highest BCUT2D eigenvalue weighted by molar-refractivity contribution is 7.97. The number of carbonyl (C=O) groups is 2. The molecule has 0 saturated heterocycles. The smallest absolute Gasteiger partial charge is 0.234 e. The first-order chi connectivity index (χ1) is 33.4. The average molecular weight is 1070 g/mol. The molecule has 0 aromatic heterocycles. The number of fused-ring (bicyclic) bond motifs is 2. The van der Waals surface area contributed by atoms with Gasteiger partial charge in [0.05, 0.1) is 65.9 Å². The van der Waals surface area contributed by atoms with Crippen LogP contribution in [0.5, 0.6) is 0 Å². The molecule has 2 atom stereocenters. The largest absolute Gasteiger partial charge is 0.378 e. The molecule has 4 N–H and O–H groups in total. The molecule has 2 aliphatic rings. The summed E-state index contributed by atoms with van der Waals surface area (Å²) in [5.41, 5.74) is 7.30. The van der Waals surface area contributed by atoms with Gasteiger partial charge in [-0.2, -0.15) is 0 Å². The number of halogens is 4. The molecule has 0 radical (unpaired) electrons. The minimum Gasteiger partial charge on any atom is -0.378 e. The van der Waals surface area contributed by atoms with E-state index in [4.69, 9.17) is 65.4 Å². The third-order valence-electron chi connectivity index (χ3n) is 11.2. The van der Waals surface area contributed by atoms with Crippen molar-refractivity contribution < 1.29 is 28.5 Å². The molecule has 0 aliphatic carbocycles. The lowest BCUT2D eigenvalue weighted by Gasteiger charge is -2.33. The summed E-state index contributed by atoms with van der Waals surface area (Å²) in [7, 11) is 7.88. The fourth-order valence-electron chi connectivity index (χ4n) is 7.87. The van der Waals surface area contributed by atoms with E-state index in [2.05, 4.69) is 98.6 Å². The standard InChI is InChI=1S/C27H36Cl2N4O4S.C23H31Cl2N3O2S/c1-32(9-10-34)19-27(35)30-7-11-36-13-14-37-12-8-31-38-22-5-3-20(4-6-22)24-17-33(2)18-25-23(24)15-21(28)16-26(25)29;1-26-7-9-29-11-12-30-10-8-27-31-19-5-3-17(4-6-19)21-15-28(2)16-22-20(21)13-18(24)14-23(22)25/h3-6,10,15-16,24,31H,7-9,11-14,17-19H2,1-2H3,(H,30,35);3-6,13-14,21,26-27H,7-12,15-16H2,1-2H3. The number of ether oxygens (including phenoxy) is 4. The molecule has 0 bridgehead atoms. The number of benzene rings is 4. The van der Waals surface area contributed by atoms with Crippen LogP contribution in [0.2, 0.25) is 20.1 Å². The number of likely N-dealkylation sites (N-methyl/N-ethyl adjacent to an activating group) is 4. The maximum atomic E-state index is 11.7. The number of carbonyl (C=O) groups excluding carboxylic acids is 2. The second-order valence-electron chi connectivity index (χ2n) is 16.8. The van der Waals surface area contributed by atoms with Gasteiger partial charge >= 0.3 is 0 Å². The summed E-state index contributed by atoms with van der Waals surface area (Å²) in [4.78, 5) is 30.6. The van der Waals surface area contributed by atoms with Crippen molar-refractivity contribution in [1.82, 2.24) is 34.8 Å². The molecule has 19 heteroatoms. The Bertz CT molecular complexity index is 2170. The number of rotatable bonds is 28. The molecular formula is C50H67Cl4N7O6S2. The van der Waals surface area contributed by atoms with Gasteiger partial charge in [0.1, 0.15) is 6.29 Å². The van der Waals surface area contributed by atoms with Crippen LogP contribution in [0.1, 0.15) is 45.2 Å². The van der Waals surface area contributed by atoms with Gasteiger partial charge in [0.25, 0.3) is 0 Å². The van der Waals surface area contributed by atoms with Crippen molar-refractivity contribution in [3.05, 3.63) is 126 Å². The molecule has 2 aliphatic heterocycles. The summed E-state index contributed by atoms with van der Waals surface area (Å²) < 4.78 is 28.7. The van der Waals surface area contributed by atoms with E-state index in [1.165, 1.54) is 32.7 Å². The second kappa shape index (κ2) is 31.8. The summed E-state index contributed by atoms with van der Waals surface area (Å²) in [6.45, 7) is 11.3. The summed E-state index contributed by atoms with van der Waals surface area (Å²) in [6.07, 6.45) is 0.770. The monoisotopic (exact) mass is 1070 g/mol. The Morgan fingerprint density at radius 2 is 1.07 bits per heavy atom. The first-order valence-corrected chi connectivity index (χ1v) is 26.3. The minimum absolute atomic E-state index is 0.130. The van der Waals surface area contributed by atoms with Crippen molar-refractivity contribution in [2.24, 2.45) is 0 Å². The fourth-order valence-corrected chi connectivity index (χ4v) is 10.3. The van der Waals surface area contributed by atoms with Crippen LogP contribution in [0, 0.1) is 0 Å². The average Bonchev–Trinajstić information content (AvgIpc) is 3.32. The number of hydrogen-bond acceptors (Lipinski definition) is 14. The molecule has 1 amide bonds. The Hall–Kier alpha value is -2.52. The zero-order chi connectivity index (χ0) is 49.4. The van der Waals surface area contributed by atoms with Gasteiger partial charge in [-0.3, -0.25) is 19.1 Å². The van der Waals surface area contributed by atoms with Crippen molar-refractivity contribution in [1.29, 1.82) is 0 Å². The molecule has 378 valence electrons. The van der Waals surface area contributed by atoms with Gasteiger partial charge in [-0.1, -0.05) is 70.7 Å². The summed E-state index contributed by atoms with van der Waals surface area (Å²) in [5.74, 6) is 0.365. The molecule has 69 heavy (non-hydrogen) atoms. The highest BCUT2D eigenvalue weighted by Crippen LogP contribution is 2.40. The van der Waals surface area contributed by atoms with Gasteiger partial charge in [-0.25, -0.2) is 0 Å². The van der Waals surface area contributed by atoms with Crippen molar-refractivity contribution >= 4 is 82.5 Å². The van der Waals surface area contributed by atoms with Crippen LogP contribution >= 0.6 is 70.3 Å². The lowest BCUT2D eigenvalue weighted by Crippen LogP contribution is -2.37. The van der Waals surface area contributed by atoms with Crippen LogP contribution < -0.4 is 20.1 Å². The van der Waals surface area contributed by atoms with E-state index < -0.39 is 0 Å². The van der Waals surface area contributed by atoms with Crippen molar-refractivity contribution in [3.63, 3.8) is 0 Å². The van der Waals surface area contributed by atoms with E-state index in [0.717, 1.165) is 66.1 Å². The SMILES string of the molecule is CN(CC=O)CC(=O)NCCOCCOCCNSc1ccc(C2CN(C)Cc3c(Cl)cc(Cl)cc32)cc1.CNCCOCCOCCNSc1ccc(C2CN(C)Cc3c(Cl)cc(Cl)cc32)cc1. The Morgan fingerprint density at radius 3 is 1.49 bits per heavy atom. The maximum Gasteiger partial charge on any atom is 0.234 e. The molecule has 6 rings (SSSR count). The topological polar surface area (TPSA) is 129 Å². The van der Waals surface area contributed by atoms with Gasteiger partial charge in [-0.15, -0.1) is 0 Å². The van der Waals surface area contributed by atoms with Crippen LogP contribution in [-0.2, 0) is 41.6 Å². The van der Waals surface area contributed by atoms with Crippen LogP contribution in [-0.4, -0.2) is 160 Å². The minimum atomic E-state index is -0.130. The van der Waals surface area contributed by atoms with Gasteiger partial charge in [0.15, 0.2) is 0 Å². The van der Waals surface area contributed by atoms with Crippen LogP contribution in [0.25, 0.3) is 0 Å². The molecule has 2 unspecified atom stereocenters. The maximum absolute atomic E-state index is 11.7. The third-order valence-corrected chi connectivity index (χ3v) is 14.1. The quantitative estimate of drug-likeness (QED) is 0.0250. The van der Waals surface area contributed by atoms with E-state index in [9.17, 15) is 9.59 Å². The first-order valence-electron chi connectivity index (χ1n) is 23.1. The van der Waals surface area contributed by atoms with Crippen molar-refractivity contribution in [2.75, 3.05) is 133 Å². The molecule has 0 fully saturated rings. The number of hydrogen-bond donors (Lipinski definition) is 4. The number of amides is 1. The molecule has 0 saturated carbocycles. The van der Waals surface area contributed by atoms with E-state index in [-0.39, 0.29) is 30.8 Å². The van der Waals surface area contributed by atoms with Gasteiger partial charge in [0.2, 0.25) is 5.91 Å².